The predicted octanol–water partition coefficient (Wildman–Crippen LogP) is 5.09. The first-order chi connectivity index (χ1) is 13.3. The molecule has 0 saturated carbocycles. The minimum Gasteiger partial charge on any atom is -0.441 e. The molecule has 148 valence electrons. The van der Waals surface area contributed by atoms with Crippen molar-refractivity contribution in [2.75, 3.05) is 12.0 Å². The Labute approximate surface area is 165 Å². The lowest BCUT2D eigenvalue weighted by Gasteiger charge is -2.12. The fourth-order valence-corrected chi connectivity index (χ4v) is 3.67. The number of fused-ring (bicyclic) bond motifs is 1. The van der Waals surface area contributed by atoms with Gasteiger partial charge in [-0.15, -0.1) is 0 Å². The van der Waals surface area contributed by atoms with Crippen LogP contribution in [-0.4, -0.2) is 25.4 Å². The maximum atomic E-state index is 13.5. The lowest BCUT2D eigenvalue weighted by atomic mass is 9.93. The molecule has 3 rings (SSSR count). The van der Waals surface area contributed by atoms with E-state index in [9.17, 15) is 12.8 Å². The monoisotopic (exact) mass is 401 g/mol. The van der Waals surface area contributed by atoms with Crippen LogP contribution in [0, 0.1) is 12.7 Å². The molecule has 0 bridgehead atoms. The van der Waals surface area contributed by atoms with Crippen molar-refractivity contribution in [2.45, 2.75) is 33.1 Å². The lowest BCUT2D eigenvalue weighted by molar-refractivity contribution is 0.534. The second kappa shape index (κ2) is 8.27. The standard InChI is InChI=1S/C22H24FNO3S/c1-4-5-6-19(18-9-8-17(23)13-15(18)2)16-7-10-20-21(14-16)27-22(24-20)11-12-28(3,25)26/h6-10,13-14H,4-5,11-12H2,1-3H3. The van der Waals surface area contributed by atoms with E-state index in [1.54, 1.807) is 6.07 Å². The van der Waals surface area contributed by atoms with Gasteiger partial charge in [0.05, 0.1) is 5.75 Å². The van der Waals surface area contributed by atoms with Crippen molar-refractivity contribution >= 4 is 26.5 Å². The van der Waals surface area contributed by atoms with E-state index in [1.165, 1.54) is 18.4 Å². The van der Waals surface area contributed by atoms with Crippen LogP contribution in [0.4, 0.5) is 4.39 Å². The molecular weight excluding hydrogens is 377 g/mol. The molecule has 0 N–H and O–H groups in total. The van der Waals surface area contributed by atoms with Crippen LogP contribution in [-0.2, 0) is 16.3 Å². The number of hydrogen-bond donors (Lipinski definition) is 0. The minimum absolute atomic E-state index is 0.00308. The maximum absolute atomic E-state index is 13.5. The third-order valence-electron chi connectivity index (χ3n) is 4.55. The number of rotatable bonds is 7. The first-order valence-corrected chi connectivity index (χ1v) is 11.4. The third kappa shape index (κ3) is 4.87. The van der Waals surface area contributed by atoms with Crippen LogP contribution in [0.15, 0.2) is 46.9 Å². The second-order valence-corrected chi connectivity index (χ2v) is 9.30. The number of nitrogens with zero attached hydrogens (tertiary/aromatic N) is 1. The summed E-state index contributed by atoms with van der Waals surface area (Å²) in [4.78, 5) is 4.38. The highest BCUT2D eigenvalue weighted by molar-refractivity contribution is 7.90. The summed E-state index contributed by atoms with van der Waals surface area (Å²) in [6.07, 6.45) is 5.51. The molecule has 2 aromatic carbocycles. The number of sulfone groups is 1. The summed E-state index contributed by atoms with van der Waals surface area (Å²) in [5.41, 5.74) is 5.14. The summed E-state index contributed by atoms with van der Waals surface area (Å²) in [6, 6.07) is 10.6. The third-order valence-corrected chi connectivity index (χ3v) is 5.49. The fraction of sp³-hybridized carbons (Fsp3) is 0.318. The zero-order valence-electron chi connectivity index (χ0n) is 16.3. The molecular formula is C22H24FNO3S. The number of aryl methyl sites for hydroxylation is 2. The topological polar surface area (TPSA) is 60.2 Å². The van der Waals surface area contributed by atoms with Gasteiger partial charge in [-0.1, -0.05) is 31.6 Å². The average Bonchev–Trinajstić information content (AvgIpc) is 3.03. The van der Waals surface area contributed by atoms with E-state index >= 15 is 0 Å². The Morgan fingerprint density at radius 2 is 2.00 bits per heavy atom. The quantitative estimate of drug-likeness (QED) is 0.553. The van der Waals surface area contributed by atoms with E-state index in [0.717, 1.165) is 35.1 Å². The summed E-state index contributed by atoms with van der Waals surface area (Å²) in [6.45, 7) is 4.01. The predicted molar refractivity (Wildman–Crippen MR) is 111 cm³/mol. The summed E-state index contributed by atoms with van der Waals surface area (Å²) >= 11 is 0. The zero-order valence-corrected chi connectivity index (χ0v) is 17.1. The van der Waals surface area contributed by atoms with Crippen molar-refractivity contribution in [1.29, 1.82) is 0 Å². The summed E-state index contributed by atoms with van der Waals surface area (Å²) in [5.74, 6) is 0.162. The van der Waals surface area contributed by atoms with Crippen LogP contribution in [0.3, 0.4) is 0 Å². The first-order valence-electron chi connectivity index (χ1n) is 9.31. The van der Waals surface area contributed by atoms with Gasteiger partial charge in [0.25, 0.3) is 0 Å². The van der Waals surface area contributed by atoms with Crippen molar-refractivity contribution < 1.29 is 17.2 Å². The van der Waals surface area contributed by atoms with Gasteiger partial charge in [0.2, 0.25) is 0 Å². The molecule has 0 unspecified atom stereocenters. The van der Waals surface area contributed by atoms with Crippen molar-refractivity contribution in [2.24, 2.45) is 0 Å². The van der Waals surface area contributed by atoms with Crippen LogP contribution < -0.4 is 0 Å². The Morgan fingerprint density at radius 1 is 1.21 bits per heavy atom. The molecule has 1 heterocycles. The van der Waals surface area contributed by atoms with E-state index < -0.39 is 9.84 Å². The number of benzene rings is 2. The highest BCUT2D eigenvalue weighted by atomic mass is 32.2. The first kappa shape index (κ1) is 20.3. The van der Waals surface area contributed by atoms with E-state index in [2.05, 4.69) is 18.0 Å². The van der Waals surface area contributed by atoms with Crippen LogP contribution in [0.25, 0.3) is 16.7 Å². The normalized spacial score (nSPS) is 12.6. The summed E-state index contributed by atoms with van der Waals surface area (Å²) in [7, 11) is -3.08. The molecule has 6 heteroatoms. The van der Waals surface area contributed by atoms with Crippen LogP contribution in [0.5, 0.6) is 0 Å². The molecule has 0 radical (unpaired) electrons. The Balaban J connectivity index is 2.00. The molecule has 1 aromatic heterocycles. The number of allylic oxidation sites excluding steroid dienone is 1. The second-order valence-electron chi connectivity index (χ2n) is 7.04. The van der Waals surface area contributed by atoms with Gasteiger partial charge in [-0.2, -0.15) is 0 Å². The van der Waals surface area contributed by atoms with Crippen LogP contribution >= 0.6 is 0 Å². The number of halogens is 1. The molecule has 4 nitrogen and oxygen atoms in total. The van der Waals surface area contributed by atoms with E-state index in [4.69, 9.17) is 4.42 Å². The van der Waals surface area contributed by atoms with Gasteiger partial charge in [-0.3, -0.25) is 0 Å². The molecule has 0 aliphatic rings. The highest BCUT2D eigenvalue weighted by Gasteiger charge is 2.13. The zero-order chi connectivity index (χ0) is 20.3. The van der Waals surface area contributed by atoms with Crippen molar-refractivity contribution in [3.63, 3.8) is 0 Å². The molecule has 0 spiro atoms. The van der Waals surface area contributed by atoms with Crippen LogP contribution in [0.1, 0.15) is 42.3 Å². The SMILES string of the molecule is CCCC=C(c1ccc2nc(CCS(C)(=O)=O)oc2c1)c1ccc(F)cc1C. The Hall–Kier alpha value is -2.47. The van der Waals surface area contributed by atoms with Crippen molar-refractivity contribution in [1.82, 2.24) is 4.98 Å². The number of oxazole rings is 1. The highest BCUT2D eigenvalue weighted by Crippen LogP contribution is 2.30. The van der Waals surface area contributed by atoms with Gasteiger partial charge in [0.1, 0.15) is 21.2 Å². The minimum atomic E-state index is -3.08. The fourth-order valence-electron chi connectivity index (χ4n) is 3.12. The smallest absolute Gasteiger partial charge is 0.196 e. The van der Waals surface area contributed by atoms with Crippen molar-refractivity contribution in [3.8, 4) is 0 Å². The Bertz CT molecular complexity index is 1130. The van der Waals surface area contributed by atoms with E-state index in [0.29, 0.717) is 17.0 Å². The van der Waals surface area contributed by atoms with Crippen molar-refractivity contribution in [3.05, 3.63) is 70.9 Å². The lowest BCUT2D eigenvalue weighted by Crippen LogP contribution is -2.05. The molecule has 0 saturated heterocycles. The number of hydrogen-bond acceptors (Lipinski definition) is 4. The van der Waals surface area contributed by atoms with Gasteiger partial charge in [-0.25, -0.2) is 17.8 Å². The number of aromatic nitrogens is 1. The Kier molecular flexibility index (Phi) is 5.98. The van der Waals surface area contributed by atoms with Crippen LogP contribution in [0.2, 0.25) is 0 Å². The van der Waals surface area contributed by atoms with Gasteiger partial charge >= 0.3 is 0 Å². The maximum Gasteiger partial charge on any atom is 0.196 e. The molecule has 0 atom stereocenters. The summed E-state index contributed by atoms with van der Waals surface area (Å²) in [5, 5.41) is 0. The van der Waals surface area contributed by atoms with Gasteiger partial charge in [0, 0.05) is 12.7 Å². The molecule has 0 amide bonds. The molecule has 3 aromatic rings. The molecule has 0 fully saturated rings. The summed E-state index contributed by atoms with van der Waals surface area (Å²) < 4.78 is 42.1. The average molecular weight is 402 g/mol. The van der Waals surface area contributed by atoms with Gasteiger partial charge in [-0.05, 0) is 59.9 Å². The van der Waals surface area contributed by atoms with Gasteiger partial charge in [0.15, 0.2) is 11.5 Å². The van der Waals surface area contributed by atoms with E-state index in [1.807, 2.05) is 25.1 Å². The largest absolute Gasteiger partial charge is 0.441 e. The Morgan fingerprint density at radius 3 is 2.68 bits per heavy atom. The molecule has 28 heavy (non-hydrogen) atoms. The number of unbranched alkanes of at least 4 members (excludes halogenated alkanes) is 1. The van der Waals surface area contributed by atoms with E-state index in [-0.39, 0.29) is 18.0 Å². The molecule has 0 aliphatic heterocycles. The molecule has 0 aliphatic carbocycles. The van der Waals surface area contributed by atoms with Gasteiger partial charge < -0.3 is 4.42 Å².